The Hall–Kier alpha value is -2.09. The Bertz CT molecular complexity index is 632. The lowest BCUT2D eigenvalue weighted by molar-refractivity contribution is -0.139. The zero-order valence-corrected chi connectivity index (χ0v) is 14.5. The first-order valence-electron chi connectivity index (χ1n) is 9.15. The van der Waals surface area contributed by atoms with E-state index in [0.717, 1.165) is 12.8 Å². The Balaban J connectivity index is 1.83. The van der Waals surface area contributed by atoms with Crippen LogP contribution in [-0.4, -0.2) is 10.8 Å². The van der Waals surface area contributed by atoms with Gasteiger partial charge in [0.15, 0.2) is 0 Å². The molecule has 0 aliphatic heterocycles. The molecule has 2 aromatic rings. The van der Waals surface area contributed by atoms with Crippen LogP contribution in [0, 0.1) is 5.92 Å². The molecule has 0 radical (unpaired) electrons. The maximum Gasteiger partial charge on any atom is 0.226 e. The third kappa shape index (κ3) is 4.05. The van der Waals surface area contributed by atoms with Crippen LogP contribution in [0.15, 0.2) is 60.7 Å². The molecule has 2 aromatic carbocycles. The highest BCUT2D eigenvalue weighted by Gasteiger charge is 2.29. The first-order valence-corrected chi connectivity index (χ1v) is 9.15. The van der Waals surface area contributed by atoms with Gasteiger partial charge in [0, 0.05) is 12.5 Å². The predicted octanol–water partition coefficient (Wildman–Crippen LogP) is 5.36. The van der Waals surface area contributed by atoms with Crippen molar-refractivity contribution in [1.29, 1.82) is 0 Å². The van der Waals surface area contributed by atoms with Crippen LogP contribution in [0.4, 0.5) is 0 Å². The average molecular weight is 321 g/mol. The average Bonchev–Trinajstić information content (AvgIpc) is 2.67. The summed E-state index contributed by atoms with van der Waals surface area (Å²) in [6.07, 6.45) is 5.75. The molecular weight excluding hydrogens is 294 g/mol. The van der Waals surface area contributed by atoms with Crippen molar-refractivity contribution in [3.63, 3.8) is 0 Å². The van der Waals surface area contributed by atoms with Gasteiger partial charge >= 0.3 is 0 Å². The van der Waals surface area contributed by atoms with E-state index in [4.69, 9.17) is 0 Å². The van der Waals surface area contributed by atoms with Gasteiger partial charge in [0.2, 0.25) is 5.91 Å². The van der Waals surface area contributed by atoms with E-state index in [9.17, 15) is 4.79 Å². The lowest BCUT2D eigenvalue weighted by atomic mass is 9.87. The van der Waals surface area contributed by atoms with E-state index in [1.807, 2.05) is 24.3 Å². The second-order valence-electron chi connectivity index (χ2n) is 6.87. The van der Waals surface area contributed by atoms with Gasteiger partial charge in [0.05, 0.1) is 6.04 Å². The fourth-order valence-electron chi connectivity index (χ4n) is 3.68. The molecule has 1 atom stereocenters. The summed E-state index contributed by atoms with van der Waals surface area (Å²) in [6.45, 7) is 2.84. The molecule has 126 valence electrons. The Morgan fingerprint density at radius 3 is 2.17 bits per heavy atom. The van der Waals surface area contributed by atoms with E-state index in [2.05, 4.69) is 48.2 Å². The summed E-state index contributed by atoms with van der Waals surface area (Å²) in [4.78, 5) is 15.3. The zero-order chi connectivity index (χ0) is 16.8. The second-order valence-corrected chi connectivity index (χ2v) is 6.87. The number of carbonyl (C=O) groups excluding carboxylic acids is 1. The largest absolute Gasteiger partial charge is 0.331 e. The van der Waals surface area contributed by atoms with Crippen LogP contribution < -0.4 is 0 Å². The summed E-state index contributed by atoms with van der Waals surface area (Å²) in [5, 5.41) is 0. The van der Waals surface area contributed by atoms with Gasteiger partial charge in [-0.1, -0.05) is 79.9 Å². The lowest BCUT2D eigenvalue weighted by Gasteiger charge is -2.34. The Labute approximate surface area is 145 Å². The number of hydrogen-bond donors (Lipinski definition) is 0. The first-order chi connectivity index (χ1) is 11.8. The van der Waals surface area contributed by atoms with Crippen molar-refractivity contribution >= 4 is 5.91 Å². The highest BCUT2D eigenvalue weighted by Crippen LogP contribution is 2.30. The molecule has 0 aromatic heterocycles. The molecule has 1 fully saturated rings. The monoisotopic (exact) mass is 321 g/mol. The summed E-state index contributed by atoms with van der Waals surface area (Å²) < 4.78 is 0. The van der Waals surface area contributed by atoms with Gasteiger partial charge in [-0.05, 0) is 30.9 Å². The summed E-state index contributed by atoms with van der Waals surface area (Å²) in [5.74, 6) is 0.531. The van der Waals surface area contributed by atoms with Crippen LogP contribution in [0.1, 0.15) is 56.2 Å². The lowest BCUT2D eigenvalue weighted by Crippen LogP contribution is -2.38. The minimum atomic E-state index is 0.0980. The molecule has 24 heavy (non-hydrogen) atoms. The molecule has 1 unspecified atom stereocenters. The third-order valence-corrected chi connectivity index (χ3v) is 5.18. The van der Waals surface area contributed by atoms with Crippen molar-refractivity contribution in [1.82, 2.24) is 4.90 Å². The minimum Gasteiger partial charge on any atom is -0.331 e. The summed E-state index contributed by atoms with van der Waals surface area (Å²) >= 11 is 0. The van der Waals surface area contributed by atoms with Crippen molar-refractivity contribution in [2.45, 2.75) is 51.6 Å². The van der Waals surface area contributed by atoms with Crippen LogP contribution in [-0.2, 0) is 11.3 Å². The van der Waals surface area contributed by atoms with E-state index >= 15 is 0 Å². The van der Waals surface area contributed by atoms with Gasteiger partial charge < -0.3 is 4.90 Å². The van der Waals surface area contributed by atoms with Crippen molar-refractivity contribution < 1.29 is 4.79 Å². The fourth-order valence-corrected chi connectivity index (χ4v) is 3.68. The van der Waals surface area contributed by atoms with Crippen LogP contribution in [0.5, 0.6) is 0 Å². The number of benzene rings is 2. The molecular formula is C22H27NO. The molecule has 0 saturated heterocycles. The zero-order valence-electron chi connectivity index (χ0n) is 14.5. The third-order valence-electron chi connectivity index (χ3n) is 5.18. The van der Waals surface area contributed by atoms with Gasteiger partial charge in [-0.2, -0.15) is 0 Å². The normalized spacial score (nSPS) is 16.5. The van der Waals surface area contributed by atoms with Gasteiger partial charge in [0.25, 0.3) is 0 Å². The van der Waals surface area contributed by atoms with Crippen molar-refractivity contribution in [2.75, 3.05) is 0 Å². The van der Waals surface area contributed by atoms with Crippen molar-refractivity contribution in [2.24, 2.45) is 5.92 Å². The van der Waals surface area contributed by atoms with Crippen LogP contribution in [0.25, 0.3) is 0 Å². The van der Waals surface area contributed by atoms with Gasteiger partial charge in [-0.25, -0.2) is 0 Å². The SMILES string of the molecule is CC(c1ccccc1)N(Cc1ccccc1)C(=O)C1CCCCC1. The Kier molecular flexibility index (Phi) is 5.68. The molecule has 1 aliphatic carbocycles. The number of nitrogens with zero attached hydrogens (tertiary/aromatic N) is 1. The van der Waals surface area contributed by atoms with Crippen LogP contribution >= 0.6 is 0 Å². The highest BCUT2D eigenvalue weighted by molar-refractivity contribution is 5.79. The smallest absolute Gasteiger partial charge is 0.226 e. The maximum absolute atomic E-state index is 13.2. The predicted molar refractivity (Wildman–Crippen MR) is 98.4 cm³/mol. The summed E-state index contributed by atoms with van der Waals surface area (Å²) in [7, 11) is 0. The van der Waals surface area contributed by atoms with Crippen LogP contribution in [0.2, 0.25) is 0 Å². The molecule has 1 saturated carbocycles. The Morgan fingerprint density at radius 1 is 0.958 bits per heavy atom. The number of carbonyl (C=O) groups is 1. The topological polar surface area (TPSA) is 20.3 Å². The van der Waals surface area contributed by atoms with Crippen molar-refractivity contribution in [3.05, 3.63) is 71.8 Å². The van der Waals surface area contributed by atoms with E-state index in [1.54, 1.807) is 0 Å². The quantitative estimate of drug-likeness (QED) is 0.726. The van der Waals surface area contributed by atoms with E-state index in [1.165, 1.54) is 30.4 Å². The van der Waals surface area contributed by atoms with E-state index in [-0.39, 0.29) is 12.0 Å². The van der Waals surface area contributed by atoms with E-state index < -0.39 is 0 Å². The molecule has 2 nitrogen and oxygen atoms in total. The molecule has 1 amide bonds. The van der Waals surface area contributed by atoms with Gasteiger partial charge in [0.1, 0.15) is 0 Å². The Morgan fingerprint density at radius 2 is 1.54 bits per heavy atom. The highest BCUT2D eigenvalue weighted by atomic mass is 16.2. The molecule has 0 spiro atoms. The van der Waals surface area contributed by atoms with Gasteiger partial charge in [-0.3, -0.25) is 4.79 Å². The molecule has 3 rings (SSSR count). The standard InChI is InChI=1S/C22H27NO/c1-18(20-13-7-3-8-14-20)23(17-19-11-5-2-6-12-19)22(24)21-15-9-4-10-16-21/h2-3,5-8,11-14,18,21H,4,9-10,15-17H2,1H3. The molecule has 1 aliphatic rings. The molecule has 0 N–H and O–H groups in total. The fraction of sp³-hybridized carbons (Fsp3) is 0.409. The molecule has 0 heterocycles. The second kappa shape index (κ2) is 8.14. The number of rotatable bonds is 5. The molecule has 0 bridgehead atoms. The summed E-state index contributed by atoms with van der Waals surface area (Å²) in [6, 6.07) is 20.8. The number of amides is 1. The van der Waals surface area contributed by atoms with E-state index in [0.29, 0.717) is 12.5 Å². The van der Waals surface area contributed by atoms with Crippen molar-refractivity contribution in [3.8, 4) is 0 Å². The minimum absolute atomic E-state index is 0.0980. The molecule has 2 heteroatoms. The van der Waals surface area contributed by atoms with Crippen LogP contribution in [0.3, 0.4) is 0 Å². The first kappa shape index (κ1) is 16.8. The number of hydrogen-bond acceptors (Lipinski definition) is 1. The maximum atomic E-state index is 13.2. The summed E-state index contributed by atoms with van der Waals surface area (Å²) in [5.41, 5.74) is 2.40. The van der Waals surface area contributed by atoms with Gasteiger partial charge in [-0.15, -0.1) is 0 Å².